The normalized spacial score (nSPS) is 27.2. The zero-order chi connectivity index (χ0) is 10.8. The molecule has 0 N–H and O–H groups in total. The van der Waals surface area contributed by atoms with Crippen molar-refractivity contribution in [1.29, 1.82) is 0 Å². The first kappa shape index (κ1) is 11.1. The molecule has 1 fully saturated rings. The van der Waals surface area contributed by atoms with E-state index in [-0.39, 0.29) is 0 Å². The lowest BCUT2D eigenvalue weighted by Crippen LogP contribution is -2.19. The number of alkyl halides is 1. The molecule has 2 unspecified atom stereocenters. The molecule has 1 aliphatic carbocycles. The molecule has 1 aromatic heterocycles. The second-order valence-corrected chi connectivity index (χ2v) is 5.91. The van der Waals surface area contributed by atoms with Crippen molar-refractivity contribution in [3.63, 3.8) is 0 Å². The molecule has 4 heteroatoms. The number of nitrogens with zero attached hydrogens (tertiary/aromatic N) is 3. The molecule has 1 aliphatic rings. The highest BCUT2D eigenvalue weighted by atomic mass is 79.9. The molecule has 0 aliphatic heterocycles. The molecule has 0 saturated heterocycles. The van der Waals surface area contributed by atoms with Crippen LogP contribution in [0, 0.1) is 0 Å². The Kier molecular flexibility index (Phi) is 3.44. The maximum Gasteiger partial charge on any atom is 0.138 e. The van der Waals surface area contributed by atoms with Crippen molar-refractivity contribution >= 4 is 15.9 Å². The van der Waals surface area contributed by atoms with Crippen LogP contribution in [-0.4, -0.2) is 19.6 Å². The maximum absolute atomic E-state index is 4.43. The molecular formula is C11H18BrN3. The molecule has 0 spiro atoms. The van der Waals surface area contributed by atoms with Crippen molar-refractivity contribution in [2.45, 2.75) is 56.3 Å². The van der Waals surface area contributed by atoms with Gasteiger partial charge < -0.3 is 0 Å². The van der Waals surface area contributed by atoms with E-state index in [1.165, 1.54) is 31.5 Å². The Morgan fingerprint density at radius 2 is 2.27 bits per heavy atom. The average molecular weight is 272 g/mol. The summed E-state index contributed by atoms with van der Waals surface area (Å²) in [7, 11) is 0. The second kappa shape index (κ2) is 4.64. The maximum atomic E-state index is 4.43. The van der Waals surface area contributed by atoms with Gasteiger partial charge in [-0.1, -0.05) is 22.4 Å². The Bertz CT molecular complexity index is 321. The Balaban J connectivity index is 2.17. The standard InChI is InChI=1S/C11H18BrN3/c1-8(2)15-11(13-7-14-15)9-4-3-5-10(12)6-9/h7-10H,3-6H2,1-2H3. The van der Waals surface area contributed by atoms with Gasteiger partial charge in [-0.05, 0) is 33.1 Å². The van der Waals surface area contributed by atoms with Gasteiger partial charge in [0.15, 0.2) is 0 Å². The number of rotatable bonds is 2. The predicted octanol–water partition coefficient (Wildman–Crippen LogP) is 3.28. The largest absolute Gasteiger partial charge is 0.247 e. The third-order valence-electron chi connectivity index (χ3n) is 3.07. The summed E-state index contributed by atoms with van der Waals surface area (Å²) < 4.78 is 2.07. The van der Waals surface area contributed by atoms with Crippen LogP contribution in [0.4, 0.5) is 0 Å². The lowest BCUT2D eigenvalue weighted by molar-refractivity contribution is 0.403. The molecule has 0 bridgehead atoms. The van der Waals surface area contributed by atoms with Gasteiger partial charge in [0.05, 0.1) is 0 Å². The van der Waals surface area contributed by atoms with Gasteiger partial charge in [0.25, 0.3) is 0 Å². The van der Waals surface area contributed by atoms with Crippen LogP contribution >= 0.6 is 15.9 Å². The first-order chi connectivity index (χ1) is 7.18. The first-order valence-electron chi connectivity index (χ1n) is 5.72. The molecule has 0 aromatic carbocycles. The highest BCUT2D eigenvalue weighted by molar-refractivity contribution is 9.09. The summed E-state index contributed by atoms with van der Waals surface area (Å²) >= 11 is 3.72. The van der Waals surface area contributed by atoms with Crippen LogP contribution < -0.4 is 0 Å². The van der Waals surface area contributed by atoms with Crippen LogP contribution in [-0.2, 0) is 0 Å². The Hall–Kier alpha value is -0.380. The molecule has 3 nitrogen and oxygen atoms in total. The van der Waals surface area contributed by atoms with Gasteiger partial charge in [-0.3, -0.25) is 0 Å². The van der Waals surface area contributed by atoms with Crippen molar-refractivity contribution in [1.82, 2.24) is 14.8 Å². The van der Waals surface area contributed by atoms with Crippen molar-refractivity contribution in [2.75, 3.05) is 0 Å². The molecule has 0 radical (unpaired) electrons. The van der Waals surface area contributed by atoms with E-state index in [4.69, 9.17) is 0 Å². The Labute approximate surface area is 99.4 Å². The molecule has 1 saturated carbocycles. The van der Waals surface area contributed by atoms with Crippen molar-refractivity contribution in [2.24, 2.45) is 0 Å². The smallest absolute Gasteiger partial charge is 0.138 e. The fourth-order valence-corrected chi connectivity index (χ4v) is 3.09. The third-order valence-corrected chi connectivity index (χ3v) is 3.90. The fourth-order valence-electron chi connectivity index (χ4n) is 2.31. The van der Waals surface area contributed by atoms with Gasteiger partial charge in [-0.25, -0.2) is 9.67 Å². The monoisotopic (exact) mass is 271 g/mol. The van der Waals surface area contributed by atoms with E-state index in [0.29, 0.717) is 16.8 Å². The minimum absolute atomic E-state index is 0.415. The molecule has 1 aromatic rings. The number of hydrogen-bond donors (Lipinski definition) is 0. The number of aromatic nitrogens is 3. The summed E-state index contributed by atoms with van der Waals surface area (Å²) in [5, 5.41) is 4.31. The molecule has 1 heterocycles. The molecule has 15 heavy (non-hydrogen) atoms. The number of hydrogen-bond acceptors (Lipinski definition) is 2. The lowest BCUT2D eigenvalue weighted by Gasteiger charge is -2.25. The van der Waals surface area contributed by atoms with Crippen LogP contribution in [0.15, 0.2) is 6.33 Å². The van der Waals surface area contributed by atoms with E-state index >= 15 is 0 Å². The summed E-state index contributed by atoms with van der Waals surface area (Å²) in [6.07, 6.45) is 6.74. The van der Waals surface area contributed by atoms with Crippen molar-refractivity contribution < 1.29 is 0 Å². The summed E-state index contributed by atoms with van der Waals surface area (Å²) in [6.45, 7) is 4.32. The van der Waals surface area contributed by atoms with Crippen LogP contribution in [0.3, 0.4) is 0 Å². The van der Waals surface area contributed by atoms with Gasteiger partial charge in [-0.15, -0.1) is 0 Å². The van der Waals surface area contributed by atoms with E-state index in [0.717, 1.165) is 0 Å². The van der Waals surface area contributed by atoms with Crippen LogP contribution in [0.1, 0.15) is 57.3 Å². The minimum atomic E-state index is 0.415. The van der Waals surface area contributed by atoms with E-state index in [2.05, 4.69) is 44.5 Å². The van der Waals surface area contributed by atoms with Crippen LogP contribution in [0.2, 0.25) is 0 Å². The van der Waals surface area contributed by atoms with Crippen LogP contribution in [0.25, 0.3) is 0 Å². The van der Waals surface area contributed by atoms with E-state index in [9.17, 15) is 0 Å². The summed E-state index contributed by atoms with van der Waals surface area (Å²) in [4.78, 5) is 5.09. The van der Waals surface area contributed by atoms with E-state index in [1.807, 2.05) is 0 Å². The quantitative estimate of drug-likeness (QED) is 0.773. The predicted molar refractivity (Wildman–Crippen MR) is 64.3 cm³/mol. The molecule has 2 rings (SSSR count). The summed E-state index contributed by atoms with van der Waals surface area (Å²) in [6, 6.07) is 0.415. The highest BCUT2D eigenvalue weighted by Crippen LogP contribution is 2.35. The Morgan fingerprint density at radius 1 is 1.47 bits per heavy atom. The first-order valence-corrected chi connectivity index (χ1v) is 6.63. The van der Waals surface area contributed by atoms with Gasteiger partial charge in [-0.2, -0.15) is 5.10 Å². The molecule has 0 amide bonds. The highest BCUT2D eigenvalue weighted by Gasteiger charge is 2.25. The zero-order valence-corrected chi connectivity index (χ0v) is 10.9. The summed E-state index contributed by atoms with van der Waals surface area (Å²) in [5.41, 5.74) is 0. The molecular weight excluding hydrogens is 254 g/mol. The topological polar surface area (TPSA) is 30.7 Å². The third kappa shape index (κ3) is 2.41. The van der Waals surface area contributed by atoms with E-state index in [1.54, 1.807) is 6.33 Å². The molecule has 84 valence electrons. The Morgan fingerprint density at radius 3 is 2.93 bits per heavy atom. The van der Waals surface area contributed by atoms with Crippen molar-refractivity contribution in [3.8, 4) is 0 Å². The van der Waals surface area contributed by atoms with Gasteiger partial charge in [0.1, 0.15) is 12.2 Å². The average Bonchev–Trinajstić information content (AvgIpc) is 2.65. The number of halogens is 1. The van der Waals surface area contributed by atoms with Crippen LogP contribution in [0.5, 0.6) is 0 Å². The zero-order valence-electron chi connectivity index (χ0n) is 9.36. The molecule has 2 atom stereocenters. The summed E-state index contributed by atoms with van der Waals surface area (Å²) in [5.74, 6) is 1.77. The van der Waals surface area contributed by atoms with E-state index < -0.39 is 0 Å². The fraction of sp³-hybridized carbons (Fsp3) is 0.818. The lowest BCUT2D eigenvalue weighted by atomic mass is 9.88. The van der Waals surface area contributed by atoms with Gasteiger partial charge in [0, 0.05) is 16.8 Å². The van der Waals surface area contributed by atoms with Gasteiger partial charge >= 0.3 is 0 Å². The van der Waals surface area contributed by atoms with Gasteiger partial charge in [0.2, 0.25) is 0 Å². The SMILES string of the molecule is CC(C)n1ncnc1C1CCCC(Br)C1. The second-order valence-electron chi connectivity index (χ2n) is 4.62. The van der Waals surface area contributed by atoms with Crippen molar-refractivity contribution in [3.05, 3.63) is 12.2 Å². The minimum Gasteiger partial charge on any atom is -0.247 e.